The van der Waals surface area contributed by atoms with Gasteiger partial charge in [-0.3, -0.25) is 0 Å². The van der Waals surface area contributed by atoms with Crippen molar-refractivity contribution in [2.45, 2.75) is 6.54 Å². The molecular weight excluding hydrogens is 512 g/mol. The number of fused-ring (bicyclic) bond motifs is 1. The van der Waals surface area contributed by atoms with Crippen LogP contribution in [-0.2, 0) is 6.54 Å². The molecule has 6 nitrogen and oxygen atoms in total. The Bertz CT molecular complexity index is 1320. The number of nitrogens with zero attached hydrogens (tertiary/aromatic N) is 3. The quantitative estimate of drug-likeness (QED) is 0.210. The van der Waals surface area contributed by atoms with Gasteiger partial charge in [0.1, 0.15) is 5.75 Å². The minimum Gasteiger partial charge on any atom is -0.497 e. The topological polar surface area (TPSA) is 71.1 Å². The summed E-state index contributed by atoms with van der Waals surface area (Å²) in [6.07, 6.45) is 0. The summed E-state index contributed by atoms with van der Waals surface area (Å²) < 4.78 is 7.85. The zero-order valence-electron chi connectivity index (χ0n) is 16.9. The molecule has 9 heteroatoms. The largest absolute Gasteiger partial charge is 0.497 e. The van der Waals surface area contributed by atoms with E-state index < -0.39 is 0 Å². The second kappa shape index (κ2) is 9.68. The molecule has 0 amide bonds. The Labute approximate surface area is 203 Å². The van der Waals surface area contributed by atoms with Gasteiger partial charge in [0.25, 0.3) is 0 Å². The van der Waals surface area contributed by atoms with Crippen molar-refractivity contribution in [1.29, 1.82) is 0 Å². The Morgan fingerprint density at radius 1 is 1.16 bits per heavy atom. The number of hydrogen-bond acceptors (Lipinski definition) is 4. The number of rotatable bonds is 5. The zero-order valence-corrected chi connectivity index (χ0v) is 20.1. The lowest BCUT2D eigenvalue weighted by Gasteiger charge is -2.07. The fraction of sp³-hybridized carbons (Fsp3) is 0.0870. The molecule has 0 radical (unpaired) electrons. The van der Waals surface area contributed by atoms with Gasteiger partial charge < -0.3 is 19.7 Å². The number of halogens is 2. The molecule has 0 saturated carbocycles. The second-order valence-corrected chi connectivity index (χ2v) is 8.65. The highest BCUT2D eigenvalue weighted by molar-refractivity contribution is 9.10. The number of nitrogens with one attached hydrogen (secondary N) is 1. The van der Waals surface area contributed by atoms with Crippen molar-refractivity contribution in [3.63, 3.8) is 0 Å². The average Bonchev–Trinajstić information content (AvgIpc) is 3.04. The highest BCUT2D eigenvalue weighted by atomic mass is 79.9. The first kappa shape index (κ1) is 22.3. The molecule has 32 heavy (non-hydrogen) atoms. The van der Waals surface area contributed by atoms with Gasteiger partial charge in [0.15, 0.2) is 5.69 Å². The van der Waals surface area contributed by atoms with E-state index in [0.717, 1.165) is 26.6 Å². The first-order valence-electron chi connectivity index (χ1n) is 9.56. The molecule has 0 aliphatic carbocycles. The zero-order chi connectivity index (χ0) is 22.7. The van der Waals surface area contributed by atoms with Crippen LogP contribution in [0.25, 0.3) is 10.9 Å². The lowest BCUT2D eigenvalue weighted by atomic mass is 10.2. The lowest BCUT2D eigenvalue weighted by molar-refractivity contribution is 0.415. The molecule has 0 bridgehead atoms. The number of aromatic hydroxyl groups is 1. The molecule has 0 saturated heterocycles. The summed E-state index contributed by atoms with van der Waals surface area (Å²) >= 11 is 14.8. The van der Waals surface area contributed by atoms with Crippen LogP contribution in [0.5, 0.6) is 11.6 Å². The maximum atomic E-state index is 11.0. The number of aromatic nitrogens is 1. The van der Waals surface area contributed by atoms with E-state index in [1.165, 1.54) is 0 Å². The fourth-order valence-corrected chi connectivity index (χ4v) is 3.92. The fourth-order valence-electron chi connectivity index (χ4n) is 3.27. The first-order valence-corrected chi connectivity index (χ1v) is 11.1. The molecule has 0 aliphatic heterocycles. The van der Waals surface area contributed by atoms with E-state index in [4.69, 9.17) is 28.6 Å². The monoisotopic (exact) mass is 528 g/mol. The molecule has 4 rings (SSSR count). The summed E-state index contributed by atoms with van der Waals surface area (Å²) in [6, 6.07) is 20.5. The molecule has 3 aromatic carbocycles. The molecule has 0 spiro atoms. The summed E-state index contributed by atoms with van der Waals surface area (Å²) in [4.78, 5) is 0. The Hall–Kier alpha value is -2.94. The third kappa shape index (κ3) is 4.93. The predicted octanol–water partition coefficient (Wildman–Crippen LogP) is 7.30. The Morgan fingerprint density at radius 2 is 1.94 bits per heavy atom. The number of benzene rings is 3. The number of azo groups is 1. The van der Waals surface area contributed by atoms with E-state index in [1.54, 1.807) is 17.7 Å². The molecule has 0 aliphatic rings. The molecule has 1 aromatic heterocycles. The van der Waals surface area contributed by atoms with Crippen molar-refractivity contribution in [1.82, 2.24) is 4.57 Å². The molecule has 1 heterocycles. The van der Waals surface area contributed by atoms with Crippen molar-refractivity contribution >= 4 is 67.1 Å². The number of ether oxygens (including phenoxy) is 1. The maximum absolute atomic E-state index is 11.0. The third-order valence-electron chi connectivity index (χ3n) is 4.79. The molecule has 2 N–H and O–H groups in total. The number of hydrogen-bond donors (Lipinski definition) is 2. The number of methoxy groups -OCH3 is 1. The molecule has 0 atom stereocenters. The maximum Gasteiger partial charge on any atom is 0.221 e. The average molecular weight is 530 g/mol. The van der Waals surface area contributed by atoms with E-state index in [9.17, 15) is 5.11 Å². The van der Waals surface area contributed by atoms with Gasteiger partial charge in [-0.25, -0.2) is 0 Å². The Morgan fingerprint density at radius 3 is 2.69 bits per heavy atom. The van der Waals surface area contributed by atoms with E-state index in [1.807, 2.05) is 60.7 Å². The first-order chi connectivity index (χ1) is 15.4. The second-order valence-electron chi connectivity index (χ2n) is 6.91. The third-order valence-corrected chi connectivity index (χ3v) is 5.72. The van der Waals surface area contributed by atoms with Crippen LogP contribution in [0.3, 0.4) is 0 Å². The number of thiocarbonyl (C=S) groups is 1. The van der Waals surface area contributed by atoms with Crippen LogP contribution in [-0.4, -0.2) is 21.9 Å². The molecule has 4 aromatic rings. The standard InChI is InChI=1S/C23H18BrClN4O2S/c1-31-18-4-2-3-17(12-18)26-23(32)28-27-21-19-11-15(24)7-10-20(19)29(22(21)30)13-14-5-8-16(25)9-6-14/h2-12,30H,13H2,1H3,(H,26,32). The summed E-state index contributed by atoms with van der Waals surface area (Å²) in [6.45, 7) is 0.448. The lowest BCUT2D eigenvalue weighted by Crippen LogP contribution is -2.04. The van der Waals surface area contributed by atoms with Crippen molar-refractivity contribution in [3.8, 4) is 11.6 Å². The molecule has 0 fully saturated rings. The highest BCUT2D eigenvalue weighted by Crippen LogP contribution is 2.40. The van der Waals surface area contributed by atoms with Crippen LogP contribution in [0.15, 0.2) is 81.4 Å². The van der Waals surface area contributed by atoms with Crippen LogP contribution in [0.4, 0.5) is 11.4 Å². The van der Waals surface area contributed by atoms with Gasteiger partial charge in [0.05, 0.1) is 19.2 Å². The SMILES string of the molecule is COc1cccc(NC(=S)N=Nc2c(O)n(Cc3ccc(Cl)cc3)c3ccc(Br)cc23)c1. The van der Waals surface area contributed by atoms with Crippen molar-refractivity contribution in [2.75, 3.05) is 12.4 Å². The van der Waals surface area contributed by atoms with Crippen LogP contribution in [0.1, 0.15) is 5.56 Å². The Kier molecular flexibility index (Phi) is 6.74. The predicted molar refractivity (Wildman–Crippen MR) is 136 cm³/mol. The van der Waals surface area contributed by atoms with Gasteiger partial charge in [-0.05, 0) is 60.2 Å². The van der Waals surface area contributed by atoms with E-state index in [-0.39, 0.29) is 11.0 Å². The van der Waals surface area contributed by atoms with Gasteiger partial charge in [0.2, 0.25) is 11.0 Å². The number of anilines is 1. The van der Waals surface area contributed by atoms with Crippen LogP contribution in [0, 0.1) is 0 Å². The van der Waals surface area contributed by atoms with Gasteiger partial charge in [-0.15, -0.1) is 10.2 Å². The summed E-state index contributed by atoms with van der Waals surface area (Å²) in [7, 11) is 1.60. The van der Waals surface area contributed by atoms with Crippen molar-refractivity contribution in [2.24, 2.45) is 10.2 Å². The highest BCUT2D eigenvalue weighted by Gasteiger charge is 2.17. The Balaban J connectivity index is 1.65. The summed E-state index contributed by atoms with van der Waals surface area (Å²) in [5, 5.41) is 23.9. The van der Waals surface area contributed by atoms with Crippen LogP contribution >= 0.6 is 39.7 Å². The molecule has 0 unspecified atom stereocenters. The van der Waals surface area contributed by atoms with Crippen molar-refractivity contribution < 1.29 is 9.84 Å². The van der Waals surface area contributed by atoms with Crippen molar-refractivity contribution in [3.05, 3.63) is 81.8 Å². The van der Waals surface area contributed by atoms with Gasteiger partial charge >= 0.3 is 0 Å². The molecule has 162 valence electrons. The van der Waals surface area contributed by atoms with E-state index in [0.29, 0.717) is 23.0 Å². The van der Waals surface area contributed by atoms with Gasteiger partial charge in [-0.2, -0.15) is 0 Å². The summed E-state index contributed by atoms with van der Waals surface area (Å²) in [5.41, 5.74) is 2.87. The van der Waals surface area contributed by atoms with E-state index in [2.05, 4.69) is 31.5 Å². The van der Waals surface area contributed by atoms with Crippen LogP contribution < -0.4 is 10.1 Å². The minimum atomic E-state index is 0.000908. The smallest absolute Gasteiger partial charge is 0.221 e. The minimum absolute atomic E-state index is 0.000908. The van der Waals surface area contributed by atoms with Gasteiger partial charge in [0, 0.05) is 26.6 Å². The van der Waals surface area contributed by atoms with Crippen LogP contribution in [0.2, 0.25) is 5.02 Å². The summed E-state index contributed by atoms with van der Waals surface area (Å²) in [5.74, 6) is 0.698. The van der Waals surface area contributed by atoms with E-state index >= 15 is 0 Å². The normalized spacial score (nSPS) is 11.2. The van der Waals surface area contributed by atoms with Gasteiger partial charge in [-0.1, -0.05) is 45.7 Å². The molecular formula is C23H18BrClN4O2S.